The van der Waals surface area contributed by atoms with Crippen LogP contribution in [0.1, 0.15) is 26.3 Å². The minimum Gasteiger partial charge on any atom is -0.340 e. The van der Waals surface area contributed by atoms with Gasteiger partial charge in [-0.25, -0.2) is 4.39 Å². The maximum atomic E-state index is 13.7. The SMILES string of the molecule is O=C(N[C@H](Cc1ccccc1)C(=O)NNC(=O)c1ccccc1F)c1ccccc1. The summed E-state index contributed by atoms with van der Waals surface area (Å²) in [6, 6.07) is 22.1. The second kappa shape index (κ2) is 9.97. The fourth-order valence-electron chi connectivity index (χ4n) is 2.81. The number of carbonyl (C=O) groups excluding carboxylic acids is 3. The molecule has 3 aromatic rings. The van der Waals surface area contributed by atoms with Gasteiger partial charge in [0.05, 0.1) is 5.56 Å². The van der Waals surface area contributed by atoms with Gasteiger partial charge in [-0.15, -0.1) is 0 Å². The molecule has 0 saturated carbocycles. The van der Waals surface area contributed by atoms with E-state index in [0.29, 0.717) is 5.56 Å². The summed E-state index contributed by atoms with van der Waals surface area (Å²) in [5.74, 6) is -2.56. The highest BCUT2D eigenvalue weighted by Crippen LogP contribution is 2.07. The highest BCUT2D eigenvalue weighted by Gasteiger charge is 2.23. The zero-order chi connectivity index (χ0) is 21.3. The fourth-order valence-corrected chi connectivity index (χ4v) is 2.81. The number of amides is 3. The van der Waals surface area contributed by atoms with Crippen molar-refractivity contribution < 1.29 is 18.8 Å². The van der Waals surface area contributed by atoms with E-state index < -0.39 is 29.6 Å². The van der Waals surface area contributed by atoms with Gasteiger partial charge in [0.15, 0.2) is 0 Å². The Hall–Kier alpha value is -4.00. The Morgan fingerprint density at radius 1 is 0.733 bits per heavy atom. The monoisotopic (exact) mass is 405 g/mol. The van der Waals surface area contributed by atoms with E-state index in [1.807, 2.05) is 30.3 Å². The summed E-state index contributed by atoms with van der Waals surface area (Å²) < 4.78 is 13.7. The van der Waals surface area contributed by atoms with E-state index in [1.54, 1.807) is 30.3 Å². The van der Waals surface area contributed by atoms with Crippen LogP contribution in [-0.2, 0) is 11.2 Å². The van der Waals surface area contributed by atoms with E-state index in [9.17, 15) is 18.8 Å². The first-order valence-electron chi connectivity index (χ1n) is 9.29. The van der Waals surface area contributed by atoms with E-state index >= 15 is 0 Å². The van der Waals surface area contributed by atoms with Crippen LogP contribution >= 0.6 is 0 Å². The van der Waals surface area contributed by atoms with Crippen LogP contribution in [-0.4, -0.2) is 23.8 Å². The molecule has 3 N–H and O–H groups in total. The standard InChI is InChI=1S/C23H20FN3O3/c24-19-14-8-7-13-18(19)22(29)26-27-23(30)20(15-16-9-3-1-4-10-16)25-21(28)17-11-5-2-6-12-17/h1-14,20H,15H2,(H,25,28)(H,26,29)(H,27,30)/t20-/m1/s1. The first kappa shape index (κ1) is 20.7. The molecule has 0 aliphatic rings. The molecule has 0 radical (unpaired) electrons. The Morgan fingerprint density at radius 2 is 1.33 bits per heavy atom. The molecule has 0 unspecified atom stereocenters. The van der Waals surface area contributed by atoms with Crippen LogP contribution in [0.5, 0.6) is 0 Å². The quantitative estimate of drug-likeness (QED) is 0.551. The number of hydrogen-bond donors (Lipinski definition) is 3. The molecule has 0 aliphatic carbocycles. The minimum atomic E-state index is -0.957. The molecule has 3 aromatic carbocycles. The van der Waals surface area contributed by atoms with Crippen molar-refractivity contribution in [1.82, 2.24) is 16.2 Å². The summed E-state index contributed by atoms with van der Waals surface area (Å²) in [6.07, 6.45) is 0.209. The lowest BCUT2D eigenvalue weighted by Crippen LogP contribution is -2.53. The molecule has 0 aromatic heterocycles. The third kappa shape index (κ3) is 5.51. The van der Waals surface area contributed by atoms with Crippen LogP contribution in [0.25, 0.3) is 0 Å². The third-order valence-electron chi connectivity index (χ3n) is 4.36. The third-order valence-corrected chi connectivity index (χ3v) is 4.36. The minimum absolute atomic E-state index is 0.203. The van der Waals surface area contributed by atoms with Crippen LogP contribution in [0.15, 0.2) is 84.9 Å². The van der Waals surface area contributed by atoms with Gasteiger partial charge in [-0.1, -0.05) is 60.7 Å². The summed E-state index contributed by atoms with van der Waals surface area (Å²) in [5.41, 5.74) is 5.48. The molecule has 6 nitrogen and oxygen atoms in total. The smallest absolute Gasteiger partial charge is 0.272 e. The van der Waals surface area contributed by atoms with E-state index in [1.165, 1.54) is 18.2 Å². The van der Waals surface area contributed by atoms with Gasteiger partial charge in [-0.2, -0.15) is 0 Å². The Labute approximate surface area is 173 Å². The zero-order valence-electron chi connectivity index (χ0n) is 16.0. The average Bonchev–Trinajstić information content (AvgIpc) is 2.78. The first-order chi connectivity index (χ1) is 14.5. The molecular weight excluding hydrogens is 385 g/mol. The van der Waals surface area contributed by atoms with Crippen molar-refractivity contribution in [3.05, 3.63) is 107 Å². The second-order valence-electron chi connectivity index (χ2n) is 6.51. The van der Waals surface area contributed by atoms with Crippen LogP contribution in [0.4, 0.5) is 4.39 Å². The Bertz CT molecular complexity index is 1030. The molecule has 0 fully saturated rings. The van der Waals surface area contributed by atoms with Gasteiger partial charge in [0.1, 0.15) is 11.9 Å². The van der Waals surface area contributed by atoms with Gasteiger partial charge in [0.2, 0.25) is 0 Å². The summed E-state index contributed by atoms with van der Waals surface area (Å²) in [5, 5.41) is 2.68. The van der Waals surface area contributed by atoms with Gasteiger partial charge >= 0.3 is 0 Å². The van der Waals surface area contributed by atoms with Crippen molar-refractivity contribution in [3.8, 4) is 0 Å². The largest absolute Gasteiger partial charge is 0.340 e. The lowest BCUT2D eigenvalue weighted by atomic mass is 10.0. The van der Waals surface area contributed by atoms with Crippen molar-refractivity contribution >= 4 is 17.7 Å². The molecule has 3 amide bonds. The number of hydrazine groups is 1. The zero-order valence-corrected chi connectivity index (χ0v) is 16.0. The number of rotatable bonds is 6. The van der Waals surface area contributed by atoms with Gasteiger partial charge in [-0.05, 0) is 29.8 Å². The van der Waals surface area contributed by atoms with Crippen molar-refractivity contribution in [2.45, 2.75) is 12.5 Å². The molecule has 3 rings (SSSR count). The maximum Gasteiger partial charge on any atom is 0.272 e. The molecule has 7 heteroatoms. The highest BCUT2D eigenvalue weighted by atomic mass is 19.1. The van der Waals surface area contributed by atoms with Gasteiger partial charge in [-0.3, -0.25) is 25.2 Å². The average molecular weight is 405 g/mol. The van der Waals surface area contributed by atoms with E-state index in [4.69, 9.17) is 0 Å². The summed E-state index contributed by atoms with van der Waals surface area (Å²) in [7, 11) is 0. The topological polar surface area (TPSA) is 87.3 Å². The van der Waals surface area contributed by atoms with Crippen LogP contribution in [0.2, 0.25) is 0 Å². The Balaban J connectivity index is 1.70. The molecule has 152 valence electrons. The molecule has 0 aliphatic heterocycles. The molecule has 0 saturated heterocycles. The molecule has 30 heavy (non-hydrogen) atoms. The molecular formula is C23H20FN3O3. The van der Waals surface area contributed by atoms with Crippen molar-refractivity contribution in [2.75, 3.05) is 0 Å². The van der Waals surface area contributed by atoms with Gasteiger partial charge < -0.3 is 5.32 Å². The molecule has 0 spiro atoms. The summed E-state index contributed by atoms with van der Waals surface area (Å²) in [4.78, 5) is 37.4. The normalized spacial score (nSPS) is 11.2. The lowest BCUT2D eigenvalue weighted by Gasteiger charge is -2.19. The van der Waals surface area contributed by atoms with Crippen LogP contribution in [0.3, 0.4) is 0 Å². The predicted octanol–water partition coefficient (Wildman–Crippen LogP) is 2.63. The summed E-state index contributed by atoms with van der Waals surface area (Å²) in [6.45, 7) is 0. The molecule has 0 heterocycles. The van der Waals surface area contributed by atoms with E-state index in [2.05, 4.69) is 16.2 Å². The van der Waals surface area contributed by atoms with Crippen molar-refractivity contribution in [1.29, 1.82) is 0 Å². The Kier molecular flexibility index (Phi) is 6.89. The van der Waals surface area contributed by atoms with Gasteiger partial charge in [0, 0.05) is 12.0 Å². The molecule has 1 atom stereocenters. The van der Waals surface area contributed by atoms with Crippen molar-refractivity contribution in [3.63, 3.8) is 0 Å². The fraction of sp³-hybridized carbons (Fsp3) is 0.0870. The number of benzene rings is 3. The number of hydrogen-bond acceptors (Lipinski definition) is 3. The maximum absolute atomic E-state index is 13.7. The lowest BCUT2D eigenvalue weighted by molar-refractivity contribution is -0.123. The van der Waals surface area contributed by atoms with Crippen molar-refractivity contribution in [2.24, 2.45) is 0 Å². The predicted molar refractivity (Wildman–Crippen MR) is 110 cm³/mol. The molecule has 0 bridgehead atoms. The van der Waals surface area contributed by atoms with E-state index in [-0.39, 0.29) is 12.0 Å². The summed E-state index contributed by atoms with van der Waals surface area (Å²) >= 11 is 0. The van der Waals surface area contributed by atoms with E-state index in [0.717, 1.165) is 11.6 Å². The highest BCUT2D eigenvalue weighted by molar-refractivity contribution is 5.99. The Morgan fingerprint density at radius 3 is 2.00 bits per heavy atom. The number of halogens is 1. The first-order valence-corrected chi connectivity index (χ1v) is 9.29. The second-order valence-corrected chi connectivity index (χ2v) is 6.51. The number of nitrogens with one attached hydrogen (secondary N) is 3. The van der Waals surface area contributed by atoms with Crippen LogP contribution < -0.4 is 16.2 Å². The number of carbonyl (C=O) groups is 3. The van der Waals surface area contributed by atoms with Crippen LogP contribution in [0, 0.1) is 5.82 Å². The van der Waals surface area contributed by atoms with Gasteiger partial charge in [0.25, 0.3) is 17.7 Å².